The summed E-state index contributed by atoms with van der Waals surface area (Å²) >= 11 is 0. The maximum atomic E-state index is 12.2. The summed E-state index contributed by atoms with van der Waals surface area (Å²) in [4.78, 5) is 23.8. The van der Waals surface area contributed by atoms with Gasteiger partial charge in [0.2, 0.25) is 6.20 Å². The SMILES string of the molecule is CCOC(=O)c1ccc(NC(=O)C[n+]2cc3ccccc3cn2)cc1.[I-]. The van der Waals surface area contributed by atoms with E-state index in [2.05, 4.69) is 10.4 Å². The second kappa shape index (κ2) is 9.23. The molecule has 1 aromatic heterocycles. The Morgan fingerprint density at radius 2 is 1.77 bits per heavy atom. The van der Waals surface area contributed by atoms with Gasteiger partial charge < -0.3 is 34.0 Å². The van der Waals surface area contributed by atoms with E-state index in [4.69, 9.17) is 4.74 Å². The van der Waals surface area contributed by atoms with Crippen LogP contribution in [0.25, 0.3) is 10.8 Å². The number of benzene rings is 2. The number of esters is 1. The minimum atomic E-state index is -0.378. The van der Waals surface area contributed by atoms with E-state index in [1.807, 2.05) is 30.5 Å². The fraction of sp³-hybridized carbons (Fsp3) is 0.158. The van der Waals surface area contributed by atoms with Crippen molar-refractivity contribution in [2.75, 3.05) is 11.9 Å². The summed E-state index contributed by atoms with van der Waals surface area (Å²) in [6.07, 6.45) is 3.56. The summed E-state index contributed by atoms with van der Waals surface area (Å²) in [5, 5.41) is 9.07. The van der Waals surface area contributed by atoms with Gasteiger partial charge in [-0.25, -0.2) is 4.79 Å². The van der Waals surface area contributed by atoms with Crippen molar-refractivity contribution in [3.63, 3.8) is 0 Å². The van der Waals surface area contributed by atoms with E-state index in [1.165, 1.54) is 0 Å². The van der Waals surface area contributed by atoms with E-state index in [0.717, 1.165) is 10.8 Å². The minimum Gasteiger partial charge on any atom is -1.00 e. The van der Waals surface area contributed by atoms with Crippen molar-refractivity contribution in [2.45, 2.75) is 13.5 Å². The lowest BCUT2D eigenvalue weighted by molar-refractivity contribution is -0.740. The number of aromatic nitrogens is 2. The zero-order chi connectivity index (χ0) is 17.6. The van der Waals surface area contributed by atoms with Crippen LogP contribution in [0.15, 0.2) is 60.9 Å². The van der Waals surface area contributed by atoms with Crippen molar-refractivity contribution in [1.29, 1.82) is 0 Å². The van der Waals surface area contributed by atoms with Crippen LogP contribution in [0, 0.1) is 0 Å². The number of anilines is 1. The minimum absolute atomic E-state index is 0. The number of rotatable bonds is 5. The molecule has 0 aliphatic heterocycles. The largest absolute Gasteiger partial charge is 1.00 e. The van der Waals surface area contributed by atoms with Gasteiger partial charge in [-0.15, -0.1) is 0 Å². The van der Waals surface area contributed by atoms with Gasteiger partial charge >= 0.3 is 5.97 Å². The molecule has 0 atom stereocenters. The molecule has 0 radical (unpaired) electrons. The number of halogens is 1. The van der Waals surface area contributed by atoms with Gasteiger partial charge in [0, 0.05) is 16.5 Å². The van der Waals surface area contributed by atoms with E-state index in [9.17, 15) is 9.59 Å². The third kappa shape index (κ3) is 4.98. The summed E-state index contributed by atoms with van der Waals surface area (Å²) in [7, 11) is 0. The van der Waals surface area contributed by atoms with Gasteiger partial charge in [-0.05, 0) is 42.4 Å². The molecule has 0 bridgehead atoms. The highest BCUT2D eigenvalue weighted by Crippen LogP contribution is 2.11. The molecular formula is C19H18IN3O3. The highest BCUT2D eigenvalue weighted by atomic mass is 127. The number of hydrogen-bond donors (Lipinski definition) is 1. The van der Waals surface area contributed by atoms with Crippen molar-refractivity contribution >= 4 is 28.3 Å². The van der Waals surface area contributed by atoms with Crippen molar-refractivity contribution < 1.29 is 43.0 Å². The summed E-state index contributed by atoms with van der Waals surface area (Å²) < 4.78 is 6.51. The summed E-state index contributed by atoms with van der Waals surface area (Å²) in [6, 6.07) is 14.4. The number of ether oxygens (including phenoxy) is 1. The molecule has 0 unspecified atom stereocenters. The van der Waals surface area contributed by atoms with Gasteiger partial charge in [0.05, 0.1) is 12.2 Å². The summed E-state index contributed by atoms with van der Waals surface area (Å²) in [5.74, 6) is -0.576. The number of carbonyl (C=O) groups excluding carboxylic acids is 2. The monoisotopic (exact) mass is 463 g/mol. The van der Waals surface area contributed by atoms with Crippen LogP contribution < -0.4 is 34.0 Å². The molecule has 1 heterocycles. The molecule has 1 amide bonds. The number of hydrogen-bond acceptors (Lipinski definition) is 4. The van der Waals surface area contributed by atoms with E-state index in [1.54, 1.807) is 42.1 Å². The average Bonchev–Trinajstić information content (AvgIpc) is 2.62. The molecule has 0 aliphatic rings. The Labute approximate surface area is 168 Å². The predicted octanol–water partition coefficient (Wildman–Crippen LogP) is -0.658. The first-order valence-corrected chi connectivity index (χ1v) is 7.97. The molecular weight excluding hydrogens is 445 g/mol. The molecule has 0 aliphatic carbocycles. The maximum Gasteiger partial charge on any atom is 0.338 e. The first kappa shape index (κ1) is 19.8. The topological polar surface area (TPSA) is 72.2 Å². The number of nitrogens with zero attached hydrogens (tertiary/aromatic N) is 2. The molecule has 134 valence electrons. The Morgan fingerprint density at radius 1 is 1.08 bits per heavy atom. The fourth-order valence-electron chi connectivity index (χ4n) is 2.41. The van der Waals surface area contributed by atoms with Gasteiger partial charge in [0.25, 0.3) is 12.5 Å². The molecule has 0 fully saturated rings. The number of amides is 1. The van der Waals surface area contributed by atoms with Gasteiger partial charge in [-0.3, -0.25) is 4.79 Å². The first-order valence-electron chi connectivity index (χ1n) is 7.97. The zero-order valence-electron chi connectivity index (χ0n) is 14.2. The number of fused-ring (bicyclic) bond motifs is 1. The van der Waals surface area contributed by atoms with Crippen LogP contribution >= 0.6 is 0 Å². The Balaban J connectivity index is 0.00000243. The molecule has 26 heavy (non-hydrogen) atoms. The van der Waals surface area contributed by atoms with Crippen LogP contribution in [0.3, 0.4) is 0 Å². The fourth-order valence-corrected chi connectivity index (χ4v) is 2.41. The summed E-state index contributed by atoms with van der Waals surface area (Å²) in [5.41, 5.74) is 1.06. The second-order valence-electron chi connectivity index (χ2n) is 5.45. The van der Waals surface area contributed by atoms with Gasteiger partial charge in [-0.1, -0.05) is 22.9 Å². The molecule has 0 saturated heterocycles. The molecule has 0 saturated carbocycles. The zero-order valence-corrected chi connectivity index (χ0v) is 16.3. The lowest BCUT2D eigenvalue weighted by Gasteiger charge is -2.05. The standard InChI is InChI=1S/C19H17N3O3.HI/c1-2-25-19(24)14-7-9-17(10-8-14)21-18(23)13-22-12-16-6-4-3-5-15(16)11-20-22;/h3-12H,2,13H2,1H3;1H. The maximum absolute atomic E-state index is 12.2. The van der Waals surface area contributed by atoms with Crippen LogP contribution in [-0.2, 0) is 16.1 Å². The number of nitrogens with one attached hydrogen (secondary N) is 1. The highest BCUT2D eigenvalue weighted by Gasteiger charge is 2.13. The smallest absolute Gasteiger partial charge is 0.338 e. The molecule has 2 aromatic carbocycles. The Morgan fingerprint density at radius 3 is 2.46 bits per heavy atom. The third-order valence-electron chi connectivity index (χ3n) is 3.61. The quantitative estimate of drug-likeness (QED) is 0.310. The molecule has 7 heteroatoms. The molecule has 6 nitrogen and oxygen atoms in total. The van der Waals surface area contributed by atoms with E-state index >= 15 is 0 Å². The Bertz CT molecular complexity index is 913. The lowest BCUT2D eigenvalue weighted by atomic mass is 10.2. The van der Waals surface area contributed by atoms with Crippen molar-refractivity contribution in [2.24, 2.45) is 0 Å². The van der Waals surface area contributed by atoms with E-state index in [-0.39, 0.29) is 42.4 Å². The predicted molar refractivity (Wildman–Crippen MR) is 93.0 cm³/mol. The Hall–Kier alpha value is -2.55. The van der Waals surface area contributed by atoms with Crippen LogP contribution in [0.5, 0.6) is 0 Å². The van der Waals surface area contributed by atoms with Crippen LogP contribution in [0.2, 0.25) is 0 Å². The van der Waals surface area contributed by atoms with Crippen molar-refractivity contribution in [3.05, 3.63) is 66.5 Å². The second-order valence-corrected chi connectivity index (χ2v) is 5.45. The highest BCUT2D eigenvalue weighted by molar-refractivity contribution is 5.92. The number of carbonyl (C=O) groups is 2. The van der Waals surface area contributed by atoms with Crippen LogP contribution in [0.4, 0.5) is 5.69 Å². The average molecular weight is 463 g/mol. The van der Waals surface area contributed by atoms with Crippen molar-refractivity contribution in [1.82, 2.24) is 5.10 Å². The van der Waals surface area contributed by atoms with E-state index in [0.29, 0.717) is 17.9 Å². The lowest BCUT2D eigenvalue weighted by Crippen LogP contribution is -3.00. The normalized spacial score (nSPS) is 10.0. The van der Waals surface area contributed by atoms with E-state index < -0.39 is 0 Å². The van der Waals surface area contributed by atoms with Gasteiger partial charge in [0.15, 0.2) is 0 Å². The van der Waals surface area contributed by atoms with Gasteiger partial charge in [0.1, 0.15) is 6.20 Å². The first-order chi connectivity index (χ1) is 12.2. The Kier molecular flexibility index (Phi) is 7.02. The molecule has 3 aromatic rings. The van der Waals surface area contributed by atoms with Crippen LogP contribution in [-0.4, -0.2) is 23.6 Å². The molecule has 1 N–H and O–H groups in total. The molecule has 3 rings (SSSR count). The van der Waals surface area contributed by atoms with Crippen molar-refractivity contribution in [3.8, 4) is 0 Å². The molecule has 0 spiro atoms. The third-order valence-corrected chi connectivity index (χ3v) is 3.61. The van der Waals surface area contributed by atoms with Gasteiger partial charge in [-0.2, -0.15) is 0 Å². The van der Waals surface area contributed by atoms with Crippen LogP contribution in [0.1, 0.15) is 17.3 Å². The summed E-state index contributed by atoms with van der Waals surface area (Å²) in [6.45, 7) is 2.18.